The number of aryl methyl sites for hydroxylation is 1. The molecule has 0 saturated carbocycles. The van der Waals surface area contributed by atoms with Crippen LogP contribution < -0.4 is 5.73 Å². The highest BCUT2D eigenvalue weighted by molar-refractivity contribution is 5.69. The smallest absolute Gasteiger partial charge is 0.306 e. The summed E-state index contributed by atoms with van der Waals surface area (Å²) in [6.45, 7) is 2.13. The fourth-order valence-electron chi connectivity index (χ4n) is 0.840. The zero-order valence-corrected chi connectivity index (χ0v) is 7.32. The second kappa shape index (κ2) is 4.44. The van der Waals surface area contributed by atoms with E-state index in [0.717, 1.165) is 0 Å². The maximum absolute atomic E-state index is 10.9. The summed E-state index contributed by atoms with van der Waals surface area (Å²) in [5.74, 6) is -0.0470. The van der Waals surface area contributed by atoms with Crippen LogP contribution in [-0.2, 0) is 16.0 Å². The van der Waals surface area contributed by atoms with Crippen LogP contribution in [0.3, 0.4) is 0 Å². The number of aromatic nitrogens is 2. The lowest BCUT2D eigenvalue weighted by Gasteiger charge is -1.98. The summed E-state index contributed by atoms with van der Waals surface area (Å²) in [6, 6.07) is 0. The predicted octanol–water partition coefficient (Wildman–Crippen LogP) is 0.148. The van der Waals surface area contributed by atoms with Gasteiger partial charge in [0, 0.05) is 6.42 Å². The van der Waals surface area contributed by atoms with Crippen molar-refractivity contribution < 1.29 is 14.2 Å². The van der Waals surface area contributed by atoms with Gasteiger partial charge in [0.05, 0.1) is 13.0 Å². The second-order valence-corrected chi connectivity index (χ2v) is 2.40. The van der Waals surface area contributed by atoms with Gasteiger partial charge in [-0.25, -0.2) is 4.63 Å². The Balaban J connectivity index is 2.35. The number of carbonyl (C=O) groups is 1. The number of rotatable bonds is 4. The van der Waals surface area contributed by atoms with Crippen molar-refractivity contribution in [2.24, 2.45) is 0 Å². The van der Waals surface area contributed by atoms with Crippen LogP contribution in [0.1, 0.15) is 19.0 Å². The van der Waals surface area contributed by atoms with Gasteiger partial charge in [-0.05, 0) is 12.1 Å². The Hall–Kier alpha value is -1.59. The van der Waals surface area contributed by atoms with Gasteiger partial charge in [0.1, 0.15) is 5.69 Å². The molecule has 0 radical (unpaired) electrons. The maximum atomic E-state index is 10.9. The van der Waals surface area contributed by atoms with Gasteiger partial charge in [-0.15, -0.1) is 0 Å². The topological polar surface area (TPSA) is 91.2 Å². The molecule has 0 spiro atoms. The first-order valence-electron chi connectivity index (χ1n) is 3.96. The van der Waals surface area contributed by atoms with Crippen LogP contribution in [-0.4, -0.2) is 22.9 Å². The molecule has 0 aliphatic rings. The van der Waals surface area contributed by atoms with E-state index < -0.39 is 0 Å². The van der Waals surface area contributed by atoms with Gasteiger partial charge in [0.2, 0.25) is 0 Å². The van der Waals surface area contributed by atoms with Gasteiger partial charge in [-0.1, -0.05) is 5.16 Å². The van der Waals surface area contributed by atoms with Crippen molar-refractivity contribution in [2.45, 2.75) is 19.8 Å². The molecule has 0 fully saturated rings. The van der Waals surface area contributed by atoms with Crippen LogP contribution in [0.2, 0.25) is 0 Å². The van der Waals surface area contributed by atoms with E-state index in [0.29, 0.717) is 18.7 Å². The van der Waals surface area contributed by atoms with Crippen LogP contribution in [0.4, 0.5) is 5.82 Å². The highest BCUT2D eigenvalue weighted by Gasteiger charge is 2.09. The van der Waals surface area contributed by atoms with Crippen molar-refractivity contribution in [2.75, 3.05) is 12.3 Å². The van der Waals surface area contributed by atoms with E-state index in [1.807, 2.05) is 0 Å². The maximum Gasteiger partial charge on any atom is 0.306 e. The minimum Gasteiger partial charge on any atom is -0.466 e. The molecular weight excluding hydrogens is 174 g/mol. The summed E-state index contributed by atoms with van der Waals surface area (Å²) in [5, 5.41) is 6.91. The zero-order chi connectivity index (χ0) is 9.68. The summed E-state index contributed by atoms with van der Waals surface area (Å²) in [5.41, 5.74) is 5.87. The molecule has 13 heavy (non-hydrogen) atoms. The van der Waals surface area contributed by atoms with Crippen molar-refractivity contribution in [1.29, 1.82) is 0 Å². The third-order valence-corrected chi connectivity index (χ3v) is 1.46. The van der Waals surface area contributed by atoms with Gasteiger partial charge in [-0.2, -0.15) is 0 Å². The Morgan fingerprint density at radius 2 is 2.38 bits per heavy atom. The quantitative estimate of drug-likeness (QED) is 0.671. The number of hydrogen-bond acceptors (Lipinski definition) is 6. The Bertz CT molecular complexity index is 284. The molecule has 0 aliphatic carbocycles. The minimum atomic E-state index is -0.273. The molecule has 6 nitrogen and oxygen atoms in total. The Labute approximate surface area is 75.0 Å². The first-order chi connectivity index (χ1) is 6.24. The van der Waals surface area contributed by atoms with Crippen molar-refractivity contribution in [3.05, 3.63) is 5.69 Å². The number of esters is 1. The summed E-state index contributed by atoms with van der Waals surface area (Å²) >= 11 is 0. The monoisotopic (exact) mass is 185 g/mol. The molecule has 0 amide bonds. The predicted molar refractivity (Wildman–Crippen MR) is 43.7 cm³/mol. The Kier molecular flexibility index (Phi) is 3.24. The number of nitrogen functional groups attached to an aromatic ring is 1. The van der Waals surface area contributed by atoms with E-state index in [1.54, 1.807) is 6.92 Å². The lowest BCUT2D eigenvalue weighted by Crippen LogP contribution is -2.06. The van der Waals surface area contributed by atoms with Gasteiger partial charge < -0.3 is 10.5 Å². The van der Waals surface area contributed by atoms with E-state index in [4.69, 9.17) is 10.5 Å². The third-order valence-electron chi connectivity index (χ3n) is 1.46. The lowest BCUT2D eigenvalue weighted by molar-refractivity contribution is -0.143. The average molecular weight is 185 g/mol. The van der Waals surface area contributed by atoms with E-state index in [2.05, 4.69) is 14.9 Å². The molecule has 0 atom stereocenters. The average Bonchev–Trinajstić information content (AvgIpc) is 2.48. The molecule has 2 N–H and O–H groups in total. The zero-order valence-electron chi connectivity index (χ0n) is 7.32. The standard InChI is InChI=1S/C7H11N3O3/c1-2-12-6(11)4-3-5-7(8)10-13-9-5/h2-4H2,1H3,(H2,8,10). The number of carbonyl (C=O) groups excluding carboxylic acids is 1. The molecule has 1 aromatic heterocycles. The minimum absolute atomic E-state index is 0.226. The number of ether oxygens (including phenoxy) is 1. The first kappa shape index (κ1) is 9.50. The summed E-state index contributed by atoms with van der Waals surface area (Å²) in [4.78, 5) is 10.9. The first-order valence-corrected chi connectivity index (χ1v) is 3.96. The molecule has 1 heterocycles. The molecular formula is C7H11N3O3. The molecule has 0 saturated heterocycles. The Morgan fingerprint density at radius 3 is 2.92 bits per heavy atom. The van der Waals surface area contributed by atoms with Crippen LogP contribution in [0, 0.1) is 0 Å². The highest BCUT2D eigenvalue weighted by atomic mass is 16.6. The SMILES string of the molecule is CCOC(=O)CCc1nonc1N. The van der Waals surface area contributed by atoms with E-state index in [9.17, 15) is 4.79 Å². The van der Waals surface area contributed by atoms with Crippen molar-refractivity contribution in [1.82, 2.24) is 10.3 Å². The molecule has 0 bridgehead atoms. The highest BCUT2D eigenvalue weighted by Crippen LogP contribution is 2.07. The lowest BCUT2D eigenvalue weighted by atomic mass is 10.2. The van der Waals surface area contributed by atoms with Crippen molar-refractivity contribution in [3.63, 3.8) is 0 Å². The number of nitrogens with two attached hydrogens (primary N) is 1. The number of anilines is 1. The molecule has 0 aliphatic heterocycles. The van der Waals surface area contributed by atoms with Crippen LogP contribution in [0.5, 0.6) is 0 Å². The molecule has 0 unspecified atom stereocenters. The molecule has 1 aromatic rings. The van der Waals surface area contributed by atoms with Crippen LogP contribution >= 0.6 is 0 Å². The fraction of sp³-hybridized carbons (Fsp3) is 0.571. The number of hydrogen-bond donors (Lipinski definition) is 1. The van der Waals surface area contributed by atoms with E-state index in [1.165, 1.54) is 0 Å². The van der Waals surface area contributed by atoms with Gasteiger partial charge in [0.15, 0.2) is 5.82 Å². The van der Waals surface area contributed by atoms with Crippen molar-refractivity contribution >= 4 is 11.8 Å². The largest absolute Gasteiger partial charge is 0.466 e. The number of nitrogens with zero attached hydrogens (tertiary/aromatic N) is 2. The molecule has 72 valence electrons. The fourth-order valence-corrected chi connectivity index (χ4v) is 0.840. The third kappa shape index (κ3) is 2.73. The Morgan fingerprint density at radius 1 is 1.62 bits per heavy atom. The van der Waals surface area contributed by atoms with E-state index >= 15 is 0 Å². The summed E-state index contributed by atoms with van der Waals surface area (Å²) in [7, 11) is 0. The second-order valence-electron chi connectivity index (χ2n) is 2.40. The van der Waals surface area contributed by atoms with Gasteiger partial charge >= 0.3 is 5.97 Å². The van der Waals surface area contributed by atoms with Crippen LogP contribution in [0.25, 0.3) is 0 Å². The van der Waals surface area contributed by atoms with Crippen molar-refractivity contribution in [3.8, 4) is 0 Å². The molecule has 6 heteroatoms. The summed E-state index contributed by atoms with van der Waals surface area (Å²) in [6.07, 6.45) is 0.639. The summed E-state index contributed by atoms with van der Waals surface area (Å²) < 4.78 is 9.08. The molecule has 1 rings (SSSR count). The van der Waals surface area contributed by atoms with Crippen LogP contribution in [0.15, 0.2) is 4.63 Å². The normalized spacial score (nSPS) is 9.92. The van der Waals surface area contributed by atoms with E-state index in [-0.39, 0.29) is 18.2 Å². The molecule has 0 aromatic carbocycles. The van der Waals surface area contributed by atoms with Gasteiger partial charge in [0.25, 0.3) is 0 Å². The van der Waals surface area contributed by atoms with Gasteiger partial charge in [-0.3, -0.25) is 4.79 Å².